The van der Waals surface area contributed by atoms with Crippen LogP contribution in [-0.4, -0.2) is 73.2 Å². The van der Waals surface area contributed by atoms with Crippen molar-refractivity contribution in [2.45, 2.75) is 25.8 Å². The summed E-state index contributed by atoms with van der Waals surface area (Å²) >= 11 is 0. The maximum atomic E-state index is 12.3. The van der Waals surface area contributed by atoms with Crippen molar-refractivity contribution in [3.63, 3.8) is 0 Å². The van der Waals surface area contributed by atoms with Gasteiger partial charge in [-0.3, -0.25) is 14.5 Å². The molecule has 0 saturated carbocycles. The van der Waals surface area contributed by atoms with E-state index in [1.807, 2.05) is 6.92 Å². The Balaban J connectivity index is 1.48. The third-order valence-corrected chi connectivity index (χ3v) is 6.71. The normalized spacial score (nSPS) is 20.6. The number of nitrogens with zero attached hydrogens (tertiary/aromatic N) is 2. The van der Waals surface area contributed by atoms with Crippen LogP contribution in [0.2, 0.25) is 0 Å². The quantitative estimate of drug-likeness (QED) is 0.571. The van der Waals surface area contributed by atoms with E-state index in [1.165, 1.54) is 9.80 Å². The number of hydrogen-bond donors (Lipinski definition) is 1. The Morgan fingerprint density at radius 1 is 1.22 bits per heavy atom. The molecule has 0 bridgehead atoms. The van der Waals surface area contributed by atoms with Crippen LogP contribution in [-0.2, 0) is 9.84 Å². The predicted molar refractivity (Wildman–Crippen MR) is 99.3 cm³/mol. The first kappa shape index (κ1) is 19.3. The molecule has 27 heavy (non-hydrogen) atoms. The number of fused-ring (bicyclic) bond motifs is 1. The molecule has 1 saturated heterocycles. The molecule has 0 spiro atoms. The van der Waals surface area contributed by atoms with Gasteiger partial charge in [0.1, 0.15) is 0 Å². The van der Waals surface area contributed by atoms with Gasteiger partial charge in [-0.2, -0.15) is 0 Å². The van der Waals surface area contributed by atoms with Crippen LogP contribution in [0.15, 0.2) is 24.3 Å². The van der Waals surface area contributed by atoms with Crippen molar-refractivity contribution in [3.05, 3.63) is 35.4 Å². The van der Waals surface area contributed by atoms with E-state index in [9.17, 15) is 22.8 Å². The molecule has 4 amide bonds. The second kappa shape index (κ2) is 7.67. The van der Waals surface area contributed by atoms with E-state index in [-0.39, 0.29) is 41.9 Å². The Labute approximate surface area is 158 Å². The zero-order valence-corrected chi connectivity index (χ0v) is 16.0. The lowest BCUT2D eigenvalue weighted by molar-refractivity contribution is 0.0653. The molecule has 146 valence electrons. The van der Waals surface area contributed by atoms with Crippen LogP contribution >= 0.6 is 0 Å². The maximum absolute atomic E-state index is 12.3. The van der Waals surface area contributed by atoms with Gasteiger partial charge in [-0.05, 0) is 31.9 Å². The van der Waals surface area contributed by atoms with Crippen molar-refractivity contribution in [2.24, 2.45) is 0 Å². The molecular weight excluding hydrogens is 370 g/mol. The van der Waals surface area contributed by atoms with Crippen molar-refractivity contribution < 1.29 is 22.8 Å². The number of sulfone groups is 1. The fourth-order valence-corrected chi connectivity index (χ4v) is 5.30. The highest BCUT2D eigenvalue weighted by molar-refractivity contribution is 7.91. The summed E-state index contributed by atoms with van der Waals surface area (Å²) in [6.45, 7) is 2.74. The third-order valence-electron chi connectivity index (χ3n) is 4.96. The van der Waals surface area contributed by atoms with Crippen LogP contribution in [0.25, 0.3) is 0 Å². The van der Waals surface area contributed by atoms with Crippen molar-refractivity contribution in [3.8, 4) is 0 Å². The first-order chi connectivity index (χ1) is 12.8. The SMILES string of the molecule is CCN(C(=O)NCCCN1C(=O)c2ccccc2C1=O)C1CCS(=O)(=O)C1. The number of benzene rings is 1. The molecule has 2 aliphatic heterocycles. The minimum absolute atomic E-state index is 0.00327. The number of hydrogen-bond acceptors (Lipinski definition) is 5. The van der Waals surface area contributed by atoms with Crippen molar-refractivity contribution in [2.75, 3.05) is 31.1 Å². The van der Waals surface area contributed by atoms with Gasteiger partial charge >= 0.3 is 6.03 Å². The van der Waals surface area contributed by atoms with E-state index < -0.39 is 9.84 Å². The monoisotopic (exact) mass is 393 g/mol. The van der Waals surface area contributed by atoms with Crippen LogP contribution in [0.5, 0.6) is 0 Å². The highest BCUT2D eigenvalue weighted by Crippen LogP contribution is 2.22. The molecule has 2 heterocycles. The molecule has 8 nitrogen and oxygen atoms in total. The molecule has 1 atom stereocenters. The van der Waals surface area contributed by atoms with E-state index in [2.05, 4.69) is 5.32 Å². The van der Waals surface area contributed by atoms with Gasteiger partial charge in [-0.1, -0.05) is 12.1 Å². The fourth-order valence-electron chi connectivity index (χ4n) is 3.57. The van der Waals surface area contributed by atoms with Crippen LogP contribution in [0.1, 0.15) is 40.5 Å². The molecule has 1 aromatic carbocycles. The Kier molecular flexibility index (Phi) is 5.50. The summed E-state index contributed by atoms with van der Waals surface area (Å²) in [6, 6.07) is 6.09. The Bertz CT molecular complexity index is 833. The smallest absolute Gasteiger partial charge is 0.317 e. The molecule has 0 aliphatic carbocycles. The van der Waals surface area contributed by atoms with E-state index in [4.69, 9.17) is 0 Å². The number of nitrogens with one attached hydrogen (secondary N) is 1. The first-order valence-electron chi connectivity index (χ1n) is 9.04. The summed E-state index contributed by atoms with van der Waals surface area (Å²) in [6.07, 6.45) is 0.885. The molecule has 1 N–H and O–H groups in total. The zero-order chi connectivity index (χ0) is 19.6. The van der Waals surface area contributed by atoms with Gasteiger partial charge in [0.05, 0.1) is 22.6 Å². The summed E-state index contributed by atoms with van der Waals surface area (Å²) in [5, 5.41) is 2.76. The molecule has 2 aliphatic rings. The minimum atomic E-state index is -3.06. The topological polar surface area (TPSA) is 104 Å². The van der Waals surface area contributed by atoms with E-state index >= 15 is 0 Å². The van der Waals surface area contributed by atoms with Gasteiger partial charge < -0.3 is 10.2 Å². The summed E-state index contributed by atoms with van der Waals surface area (Å²) in [4.78, 5) is 39.6. The highest BCUT2D eigenvalue weighted by atomic mass is 32.2. The largest absolute Gasteiger partial charge is 0.338 e. The van der Waals surface area contributed by atoms with Crippen molar-refractivity contribution in [1.29, 1.82) is 0 Å². The minimum Gasteiger partial charge on any atom is -0.338 e. The zero-order valence-electron chi connectivity index (χ0n) is 15.2. The van der Waals surface area contributed by atoms with Crippen LogP contribution in [0.3, 0.4) is 0 Å². The summed E-state index contributed by atoms with van der Waals surface area (Å²) in [7, 11) is -3.06. The van der Waals surface area contributed by atoms with Gasteiger partial charge in [-0.15, -0.1) is 0 Å². The van der Waals surface area contributed by atoms with Gasteiger partial charge in [0.25, 0.3) is 11.8 Å². The lowest BCUT2D eigenvalue weighted by Gasteiger charge is -2.27. The maximum Gasteiger partial charge on any atom is 0.317 e. The van der Waals surface area contributed by atoms with Gasteiger partial charge in [0, 0.05) is 25.7 Å². The lowest BCUT2D eigenvalue weighted by atomic mass is 10.1. The van der Waals surface area contributed by atoms with E-state index in [0.717, 1.165) is 0 Å². The molecular formula is C18H23N3O5S. The number of amides is 4. The van der Waals surface area contributed by atoms with Crippen molar-refractivity contribution >= 4 is 27.7 Å². The number of rotatable bonds is 6. The molecule has 1 unspecified atom stereocenters. The average Bonchev–Trinajstić information content (AvgIpc) is 3.11. The summed E-state index contributed by atoms with van der Waals surface area (Å²) in [5.74, 6) is -0.508. The molecule has 0 radical (unpaired) electrons. The highest BCUT2D eigenvalue weighted by Gasteiger charge is 2.35. The number of carbonyl (C=O) groups is 3. The number of carbonyl (C=O) groups excluding carboxylic acids is 3. The first-order valence-corrected chi connectivity index (χ1v) is 10.9. The fraction of sp³-hybridized carbons (Fsp3) is 0.500. The van der Waals surface area contributed by atoms with E-state index in [1.54, 1.807) is 24.3 Å². The summed E-state index contributed by atoms with van der Waals surface area (Å²) in [5.41, 5.74) is 0.817. The molecule has 1 fully saturated rings. The Morgan fingerprint density at radius 3 is 2.37 bits per heavy atom. The Morgan fingerprint density at radius 2 is 1.85 bits per heavy atom. The second-order valence-corrected chi connectivity index (χ2v) is 8.96. The van der Waals surface area contributed by atoms with Gasteiger partial charge in [0.15, 0.2) is 9.84 Å². The molecule has 3 rings (SSSR count). The average molecular weight is 393 g/mol. The number of imide groups is 1. The standard InChI is InChI=1S/C18H23N3O5S/c1-2-20(13-8-11-27(25,26)12-13)18(24)19-9-5-10-21-16(22)14-6-3-4-7-15(14)17(21)23/h3-4,6-7,13H,2,5,8-12H2,1H3,(H,19,24). The number of urea groups is 1. The van der Waals surface area contributed by atoms with Crippen LogP contribution < -0.4 is 5.32 Å². The predicted octanol–water partition coefficient (Wildman–Crippen LogP) is 0.891. The second-order valence-electron chi connectivity index (χ2n) is 6.74. The Hall–Kier alpha value is -2.42. The molecule has 0 aromatic heterocycles. The van der Waals surface area contributed by atoms with Gasteiger partial charge in [0.2, 0.25) is 0 Å². The summed E-state index contributed by atoms with van der Waals surface area (Å²) < 4.78 is 23.2. The van der Waals surface area contributed by atoms with E-state index in [0.29, 0.717) is 37.1 Å². The lowest BCUT2D eigenvalue weighted by Crippen LogP contribution is -2.47. The van der Waals surface area contributed by atoms with Gasteiger partial charge in [-0.25, -0.2) is 13.2 Å². The van der Waals surface area contributed by atoms with Crippen LogP contribution in [0, 0.1) is 0 Å². The molecule has 9 heteroatoms. The third kappa shape index (κ3) is 3.97. The molecule has 1 aromatic rings. The van der Waals surface area contributed by atoms with Crippen LogP contribution in [0.4, 0.5) is 4.79 Å². The van der Waals surface area contributed by atoms with Crippen molar-refractivity contribution in [1.82, 2.24) is 15.1 Å².